The zero-order chi connectivity index (χ0) is 22.7. The number of piperidine rings is 1. The topological polar surface area (TPSA) is 84.3 Å². The smallest absolute Gasteiger partial charge is 0.251 e. The van der Waals surface area contributed by atoms with Crippen LogP contribution in [0.2, 0.25) is 0 Å². The molecule has 1 aliphatic heterocycles. The number of fused-ring (bicyclic) bond motifs is 1. The van der Waals surface area contributed by atoms with Crippen molar-refractivity contribution in [1.82, 2.24) is 19.2 Å². The summed E-state index contributed by atoms with van der Waals surface area (Å²) >= 11 is 0. The summed E-state index contributed by atoms with van der Waals surface area (Å²) < 4.78 is 29.6. The molecule has 7 nitrogen and oxygen atoms in total. The van der Waals surface area contributed by atoms with Crippen molar-refractivity contribution in [3.8, 4) is 0 Å². The molecule has 1 amide bonds. The van der Waals surface area contributed by atoms with Gasteiger partial charge in [-0.3, -0.25) is 4.79 Å². The molecule has 2 unspecified atom stereocenters. The summed E-state index contributed by atoms with van der Waals surface area (Å²) in [5.41, 5.74) is 2.49. The Morgan fingerprint density at radius 3 is 2.47 bits per heavy atom. The lowest BCUT2D eigenvalue weighted by atomic mass is 9.94. The molecular formula is C24H30N4O3S. The number of aromatic nitrogens is 2. The van der Waals surface area contributed by atoms with Gasteiger partial charge in [-0.25, -0.2) is 13.4 Å². The van der Waals surface area contributed by atoms with Gasteiger partial charge < -0.3 is 9.88 Å². The van der Waals surface area contributed by atoms with E-state index in [4.69, 9.17) is 0 Å². The maximum absolute atomic E-state index is 13.0. The van der Waals surface area contributed by atoms with Gasteiger partial charge >= 0.3 is 0 Å². The van der Waals surface area contributed by atoms with Crippen molar-refractivity contribution in [2.24, 2.45) is 11.8 Å². The number of amides is 1. The normalized spacial score (nSPS) is 19.8. The Labute approximate surface area is 189 Å². The molecule has 0 aliphatic carbocycles. The van der Waals surface area contributed by atoms with Gasteiger partial charge in [-0.1, -0.05) is 26.0 Å². The summed E-state index contributed by atoms with van der Waals surface area (Å²) in [4.78, 5) is 17.1. The van der Waals surface area contributed by atoms with Crippen LogP contribution in [0.5, 0.6) is 0 Å². The summed E-state index contributed by atoms with van der Waals surface area (Å²) in [6, 6.07) is 14.2. The first kappa shape index (κ1) is 22.5. The summed E-state index contributed by atoms with van der Waals surface area (Å²) in [7, 11) is -3.54. The largest absolute Gasteiger partial charge is 0.352 e. The van der Waals surface area contributed by atoms with E-state index in [1.165, 1.54) is 12.1 Å². The first-order valence-electron chi connectivity index (χ1n) is 11.1. The van der Waals surface area contributed by atoms with Gasteiger partial charge in [-0.2, -0.15) is 4.31 Å². The number of carbonyl (C=O) groups is 1. The lowest BCUT2D eigenvalue weighted by Gasteiger charge is -2.34. The van der Waals surface area contributed by atoms with Crippen LogP contribution in [0.1, 0.15) is 37.0 Å². The third kappa shape index (κ3) is 4.86. The fourth-order valence-corrected chi connectivity index (χ4v) is 6.15. The average molecular weight is 455 g/mol. The summed E-state index contributed by atoms with van der Waals surface area (Å²) in [6.07, 6.45) is 3.63. The molecule has 0 spiro atoms. The minimum atomic E-state index is -3.54. The van der Waals surface area contributed by atoms with E-state index in [0.29, 0.717) is 37.0 Å². The number of benzene rings is 2. The van der Waals surface area contributed by atoms with Gasteiger partial charge in [-0.05, 0) is 61.1 Å². The number of carbonyl (C=O) groups excluding carboxylic acids is 1. The Hall–Kier alpha value is -2.71. The molecule has 2 heterocycles. The maximum atomic E-state index is 13.0. The van der Waals surface area contributed by atoms with Crippen molar-refractivity contribution in [3.63, 3.8) is 0 Å². The van der Waals surface area contributed by atoms with Gasteiger partial charge in [0.05, 0.1) is 22.3 Å². The van der Waals surface area contributed by atoms with Crippen LogP contribution in [0.4, 0.5) is 0 Å². The molecule has 0 bridgehead atoms. The van der Waals surface area contributed by atoms with Crippen LogP contribution in [0.3, 0.4) is 0 Å². The van der Waals surface area contributed by atoms with E-state index >= 15 is 0 Å². The van der Waals surface area contributed by atoms with Crippen molar-refractivity contribution in [1.29, 1.82) is 0 Å². The second kappa shape index (κ2) is 9.42. The SMILES string of the molecule is CC1CC(C)CN(S(=O)(=O)c2ccc(C(=O)NCCCn3cnc4ccccc43)cc2)C1. The third-order valence-corrected chi connectivity index (χ3v) is 7.82. The van der Waals surface area contributed by atoms with E-state index in [0.717, 1.165) is 30.4 Å². The number of nitrogens with zero attached hydrogens (tertiary/aromatic N) is 3. The predicted molar refractivity (Wildman–Crippen MR) is 125 cm³/mol. The number of sulfonamides is 1. The minimum Gasteiger partial charge on any atom is -0.352 e. The van der Waals surface area contributed by atoms with Crippen LogP contribution in [-0.4, -0.2) is 47.8 Å². The molecule has 1 aromatic heterocycles. The fourth-order valence-electron chi connectivity index (χ4n) is 4.47. The molecule has 2 atom stereocenters. The summed E-state index contributed by atoms with van der Waals surface area (Å²) in [5.74, 6) is 0.488. The Morgan fingerprint density at radius 2 is 1.75 bits per heavy atom. The maximum Gasteiger partial charge on any atom is 0.251 e. The molecule has 170 valence electrons. The van der Waals surface area contributed by atoms with E-state index in [2.05, 4.69) is 28.7 Å². The quantitative estimate of drug-likeness (QED) is 0.554. The molecule has 4 rings (SSSR count). The Bertz CT molecular complexity index is 1180. The molecule has 2 aromatic carbocycles. The van der Waals surface area contributed by atoms with E-state index in [1.807, 2.05) is 30.6 Å². The third-order valence-electron chi connectivity index (χ3n) is 5.98. The summed E-state index contributed by atoms with van der Waals surface area (Å²) in [6.45, 7) is 6.53. The van der Waals surface area contributed by atoms with Gasteiger partial charge in [0, 0.05) is 31.7 Å². The monoisotopic (exact) mass is 454 g/mol. The zero-order valence-corrected chi connectivity index (χ0v) is 19.4. The van der Waals surface area contributed by atoms with Gasteiger partial charge in [0.15, 0.2) is 0 Å². The predicted octanol–water partition coefficient (Wildman–Crippen LogP) is 3.52. The van der Waals surface area contributed by atoms with E-state index < -0.39 is 10.0 Å². The molecule has 8 heteroatoms. The van der Waals surface area contributed by atoms with Crippen LogP contribution < -0.4 is 5.32 Å². The Morgan fingerprint density at radius 1 is 1.06 bits per heavy atom. The van der Waals surface area contributed by atoms with Gasteiger partial charge in [-0.15, -0.1) is 0 Å². The Balaban J connectivity index is 1.32. The molecule has 3 aromatic rings. The first-order valence-corrected chi connectivity index (χ1v) is 12.6. The van der Waals surface area contributed by atoms with Crippen LogP contribution in [0.15, 0.2) is 59.8 Å². The molecular weight excluding hydrogens is 424 g/mol. The summed E-state index contributed by atoms with van der Waals surface area (Å²) in [5, 5.41) is 2.91. The van der Waals surface area contributed by atoms with Gasteiger partial charge in [0.2, 0.25) is 10.0 Å². The molecule has 0 saturated carbocycles. The number of imidazole rings is 1. The van der Waals surface area contributed by atoms with Crippen LogP contribution >= 0.6 is 0 Å². The number of para-hydroxylation sites is 2. The molecule has 1 aliphatic rings. The van der Waals surface area contributed by atoms with Crippen molar-refractivity contribution in [2.75, 3.05) is 19.6 Å². The van der Waals surface area contributed by atoms with Crippen LogP contribution in [0, 0.1) is 11.8 Å². The van der Waals surface area contributed by atoms with Crippen molar-refractivity contribution in [3.05, 3.63) is 60.4 Å². The van der Waals surface area contributed by atoms with Crippen molar-refractivity contribution >= 4 is 27.0 Å². The van der Waals surface area contributed by atoms with Crippen LogP contribution in [-0.2, 0) is 16.6 Å². The lowest BCUT2D eigenvalue weighted by Crippen LogP contribution is -2.42. The molecule has 32 heavy (non-hydrogen) atoms. The van der Waals surface area contributed by atoms with Crippen LogP contribution in [0.25, 0.3) is 11.0 Å². The molecule has 0 radical (unpaired) electrons. The van der Waals surface area contributed by atoms with E-state index in [9.17, 15) is 13.2 Å². The fraction of sp³-hybridized carbons (Fsp3) is 0.417. The Kier molecular flexibility index (Phi) is 6.62. The first-order chi connectivity index (χ1) is 15.3. The average Bonchev–Trinajstić information content (AvgIpc) is 3.19. The second-order valence-corrected chi connectivity index (χ2v) is 10.8. The second-order valence-electron chi connectivity index (χ2n) is 8.83. The lowest BCUT2D eigenvalue weighted by molar-refractivity contribution is 0.0952. The highest BCUT2D eigenvalue weighted by molar-refractivity contribution is 7.89. The zero-order valence-electron chi connectivity index (χ0n) is 18.6. The number of aryl methyl sites for hydroxylation is 1. The van der Waals surface area contributed by atoms with Crippen molar-refractivity contribution < 1.29 is 13.2 Å². The van der Waals surface area contributed by atoms with E-state index in [1.54, 1.807) is 16.4 Å². The van der Waals surface area contributed by atoms with Crippen molar-refractivity contribution in [2.45, 2.75) is 38.1 Å². The highest BCUT2D eigenvalue weighted by atomic mass is 32.2. The molecule has 1 fully saturated rings. The van der Waals surface area contributed by atoms with Gasteiger partial charge in [0.1, 0.15) is 0 Å². The number of hydrogen-bond donors (Lipinski definition) is 1. The number of hydrogen-bond acceptors (Lipinski definition) is 4. The molecule has 1 saturated heterocycles. The highest BCUT2D eigenvalue weighted by Gasteiger charge is 2.31. The molecule has 1 N–H and O–H groups in total. The minimum absolute atomic E-state index is 0.204. The number of rotatable bonds is 7. The highest BCUT2D eigenvalue weighted by Crippen LogP contribution is 2.26. The standard InChI is InChI=1S/C24H30N4O3S/c1-18-14-19(2)16-28(15-18)32(30,31)21-10-8-20(9-11-21)24(29)25-12-5-13-27-17-26-22-6-3-4-7-23(22)27/h3-4,6-11,17-19H,5,12-16H2,1-2H3,(H,25,29). The number of nitrogens with one attached hydrogen (secondary N) is 1. The van der Waals surface area contributed by atoms with Gasteiger partial charge in [0.25, 0.3) is 5.91 Å². The van der Waals surface area contributed by atoms with E-state index in [-0.39, 0.29) is 10.8 Å².